The Hall–Kier alpha value is -2.09. The van der Waals surface area contributed by atoms with Gasteiger partial charge in [-0.3, -0.25) is 4.79 Å². The van der Waals surface area contributed by atoms with Gasteiger partial charge in [0.05, 0.1) is 0 Å². The molecule has 0 aliphatic heterocycles. The summed E-state index contributed by atoms with van der Waals surface area (Å²) in [6, 6.07) is 15.9. The normalized spacial score (nSPS) is 10.0. The van der Waals surface area contributed by atoms with Crippen molar-refractivity contribution in [1.29, 1.82) is 0 Å². The fraction of sp³-hybridized carbons (Fsp3) is 0.133. The first-order valence-corrected chi connectivity index (χ1v) is 5.60. The Balaban J connectivity index is 2.32. The molecule has 2 aromatic rings. The maximum atomic E-state index is 11.4. The lowest BCUT2D eigenvalue weighted by atomic mass is 10.0. The maximum absolute atomic E-state index is 11.4. The van der Waals surface area contributed by atoms with Gasteiger partial charge in [-0.05, 0) is 30.2 Å². The van der Waals surface area contributed by atoms with Crippen LogP contribution < -0.4 is 5.32 Å². The maximum Gasteiger partial charge on any atom is 0.251 e. The Labute approximate surface area is 101 Å². The predicted octanol–water partition coefficient (Wildman–Crippen LogP) is 3.02. The van der Waals surface area contributed by atoms with Crippen LogP contribution in [0.15, 0.2) is 48.5 Å². The lowest BCUT2D eigenvalue weighted by Crippen LogP contribution is -2.17. The van der Waals surface area contributed by atoms with E-state index in [4.69, 9.17) is 0 Å². The lowest BCUT2D eigenvalue weighted by Gasteiger charge is -2.04. The van der Waals surface area contributed by atoms with E-state index in [9.17, 15) is 4.79 Å². The second-order valence-corrected chi connectivity index (χ2v) is 4.03. The molecule has 0 spiro atoms. The fourth-order valence-electron chi connectivity index (χ4n) is 1.78. The van der Waals surface area contributed by atoms with Gasteiger partial charge in [-0.1, -0.05) is 42.0 Å². The highest BCUT2D eigenvalue weighted by molar-refractivity contribution is 5.94. The number of hydrogen-bond acceptors (Lipinski definition) is 1. The van der Waals surface area contributed by atoms with Crippen LogP contribution in [-0.2, 0) is 0 Å². The summed E-state index contributed by atoms with van der Waals surface area (Å²) in [5.41, 5.74) is 4.22. The first kappa shape index (κ1) is 11.4. The molecule has 0 atom stereocenters. The number of carbonyl (C=O) groups is 1. The zero-order valence-corrected chi connectivity index (χ0v) is 10.0. The highest BCUT2D eigenvalue weighted by Crippen LogP contribution is 2.20. The van der Waals surface area contributed by atoms with Crippen LogP contribution in [0.25, 0.3) is 11.1 Å². The number of amides is 1. The second kappa shape index (κ2) is 4.83. The fourth-order valence-corrected chi connectivity index (χ4v) is 1.78. The van der Waals surface area contributed by atoms with Crippen molar-refractivity contribution < 1.29 is 4.79 Å². The first-order chi connectivity index (χ1) is 8.20. The second-order valence-electron chi connectivity index (χ2n) is 4.03. The van der Waals surface area contributed by atoms with Crippen molar-refractivity contribution in [3.63, 3.8) is 0 Å². The number of rotatable bonds is 2. The van der Waals surface area contributed by atoms with Crippen LogP contribution in [-0.4, -0.2) is 13.0 Å². The van der Waals surface area contributed by atoms with E-state index in [0.29, 0.717) is 5.56 Å². The summed E-state index contributed by atoms with van der Waals surface area (Å²) in [7, 11) is 1.64. The predicted molar refractivity (Wildman–Crippen MR) is 70.0 cm³/mol. The third kappa shape index (κ3) is 2.53. The number of benzene rings is 2. The Morgan fingerprint density at radius 3 is 2.29 bits per heavy atom. The summed E-state index contributed by atoms with van der Waals surface area (Å²) >= 11 is 0. The number of hydrogen-bond donors (Lipinski definition) is 1. The lowest BCUT2D eigenvalue weighted by molar-refractivity contribution is 0.0963. The van der Waals surface area contributed by atoms with Crippen molar-refractivity contribution in [3.8, 4) is 11.1 Å². The summed E-state index contributed by atoms with van der Waals surface area (Å²) in [6.45, 7) is 2.07. The molecule has 0 saturated heterocycles. The standard InChI is InChI=1S/C15H15NO/c1-11-4-3-5-14(10-11)12-6-8-13(9-7-12)15(17)16-2/h3-10H,1-2H3,(H,16,17). The van der Waals surface area contributed by atoms with Crippen LogP contribution in [0.1, 0.15) is 15.9 Å². The van der Waals surface area contributed by atoms with Gasteiger partial charge in [0.2, 0.25) is 0 Å². The van der Waals surface area contributed by atoms with Gasteiger partial charge in [0.25, 0.3) is 5.91 Å². The molecule has 2 rings (SSSR count). The molecular formula is C15H15NO. The zero-order chi connectivity index (χ0) is 12.3. The van der Waals surface area contributed by atoms with Gasteiger partial charge in [0.1, 0.15) is 0 Å². The minimum atomic E-state index is -0.0548. The van der Waals surface area contributed by atoms with Gasteiger partial charge in [-0.15, -0.1) is 0 Å². The highest BCUT2D eigenvalue weighted by Gasteiger charge is 2.03. The highest BCUT2D eigenvalue weighted by atomic mass is 16.1. The monoisotopic (exact) mass is 225 g/mol. The molecule has 0 unspecified atom stereocenters. The van der Waals surface area contributed by atoms with Gasteiger partial charge in [0.15, 0.2) is 0 Å². The smallest absolute Gasteiger partial charge is 0.251 e. The van der Waals surface area contributed by atoms with E-state index in [-0.39, 0.29) is 5.91 Å². The van der Waals surface area contributed by atoms with Crippen molar-refractivity contribution in [2.75, 3.05) is 7.05 Å². The van der Waals surface area contributed by atoms with Gasteiger partial charge in [-0.25, -0.2) is 0 Å². The Morgan fingerprint density at radius 2 is 1.71 bits per heavy atom. The third-order valence-electron chi connectivity index (χ3n) is 2.73. The Bertz CT molecular complexity index is 529. The van der Waals surface area contributed by atoms with Crippen LogP contribution in [0.2, 0.25) is 0 Å². The van der Waals surface area contributed by atoms with E-state index in [0.717, 1.165) is 5.56 Å². The molecule has 17 heavy (non-hydrogen) atoms. The largest absolute Gasteiger partial charge is 0.355 e. The number of carbonyl (C=O) groups excluding carboxylic acids is 1. The molecule has 0 aromatic heterocycles. The number of aryl methyl sites for hydroxylation is 1. The van der Waals surface area contributed by atoms with E-state index in [1.54, 1.807) is 7.05 Å². The average molecular weight is 225 g/mol. The van der Waals surface area contributed by atoms with Crippen LogP contribution in [0.5, 0.6) is 0 Å². The molecule has 0 fully saturated rings. The van der Waals surface area contributed by atoms with Gasteiger partial charge in [0, 0.05) is 12.6 Å². The van der Waals surface area contributed by atoms with E-state index >= 15 is 0 Å². The molecule has 2 nitrogen and oxygen atoms in total. The molecule has 1 N–H and O–H groups in total. The molecule has 86 valence electrons. The van der Waals surface area contributed by atoms with Crippen LogP contribution in [0.3, 0.4) is 0 Å². The van der Waals surface area contributed by atoms with E-state index in [1.807, 2.05) is 30.3 Å². The van der Waals surface area contributed by atoms with Crippen LogP contribution in [0.4, 0.5) is 0 Å². The first-order valence-electron chi connectivity index (χ1n) is 5.60. The Kier molecular flexibility index (Phi) is 3.24. The van der Waals surface area contributed by atoms with Crippen molar-refractivity contribution in [3.05, 3.63) is 59.7 Å². The topological polar surface area (TPSA) is 29.1 Å². The molecular weight excluding hydrogens is 210 g/mol. The molecule has 0 bridgehead atoms. The summed E-state index contributed by atoms with van der Waals surface area (Å²) in [5, 5.41) is 2.61. The molecule has 2 aromatic carbocycles. The van der Waals surface area contributed by atoms with Crippen molar-refractivity contribution in [2.24, 2.45) is 0 Å². The van der Waals surface area contributed by atoms with Gasteiger partial charge in [-0.2, -0.15) is 0 Å². The molecule has 0 heterocycles. The number of nitrogens with one attached hydrogen (secondary N) is 1. The van der Waals surface area contributed by atoms with Crippen molar-refractivity contribution in [2.45, 2.75) is 6.92 Å². The summed E-state index contributed by atoms with van der Waals surface area (Å²) in [5.74, 6) is -0.0548. The minimum Gasteiger partial charge on any atom is -0.355 e. The van der Waals surface area contributed by atoms with Crippen molar-refractivity contribution >= 4 is 5.91 Å². The summed E-state index contributed by atoms with van der Waals surface area (Å²) in [4.78, 5) is 11.4. The third-order valence-corrected chi connectivity index (χ3v) is 2.73. The summed E-state index contributed by atoms with van der Waals surface area (Å²) in [6.07, 6.45) is 0. The minimum absolute atomic E-state index is 0.0548. The summed E-state index contributed by atoms with van der Waals surface area (Å²) < 4.78 is 0. The van der Waals surface area contributed by atoms with E-state index < -0.39 is 0 Å². The van der Waals surface area contributed by atoms with Gasteiger partial charge < -0.3 is 5.32 Å². The average Bonchev–Trinajstić information content (AvgIpc) is 2.38. The van der Waals surface area contributed by atoms with Crippen LogP contribution in [0, 0.1) is 6.92 Å². The molecule has 0 aliphatic rings. The molecule has 0 saturated carbocycles. The zero-order valence-electron chi connectivity index (χ0n) is 10.0. The van der Waals surface area contributed by atoms with E-state index in [1.165, 1.54) is 11.1 Å². The molecule has 0 radical (unpaired) electrons. The van der Waals surface area contributed by atoms with E-state index in [2.05, 4.69) is 30.4 Å². The van der Waals surface area contributed by atoms with Crippen LogP contribution >= 0.6 is 0 Å². The SMILES string of the molecule is CNC(=O)c1ccc(-c2cccc(C)c2)cc1. The molecule has 2 heteroatoms. The quantitative estimate of drug-likeness (QED) is 0.836. The Morgan fingerprint density at radius 1 is 1.00 bits per heavy atom. The molecule has 0 aliphatic carbocycles. The van der Waals surface area contributed by atoms with Crippen molar-refractivity contribution in [1.82, 2.24) is 5.32 Å². The molecule has 1 amide bonds. The van der Waals surface area contributed by atoms with Gasteiger partial charge >= 0.3 is 0 Å².